The van der Waals surface area contributed by atoms with Gasteiger partial charge in [0.05, 0.1) is 16.5 Å². The molecule has 0 unspecified atom stereocenters. The van der Waals surface area contributed by atoms with Gasteiger partial charge in [-0.15, -0.1) is 0 Å². The number of nitrogens with one attached hydrogen (secondary N) is 1. The molecule has 0 atom stereocenters. The highest BCUT2D eigenvalue weighted by atomic mass is 35.5. The Kier molecular flexibility index (Phi) is 4.15. The minimum atomic E-state index is -3.65. The summed E-state index contributed by atoms with van der Waals surface area (Å²) in [5, 5.41) is 0.00107. The van der Waals surface area contributed by atoms with E-state index in [-0.39, 0.29) is 16.5 Å². The first-order valence-electron chi connectivity index (χ1n) is 5.66. The SMILES string of the molecule is Nc1cccc(CS(=O)(=O)Nc2ccc(F)cc2Cl)c1. The van der Waals surface area contributed by atoms with Gasteiger partial charge in [0.15, 0.2) is 0 Å². The Balaban J connectivity index is 2.19. The van der Waals surface area contributed by atoms with E-state index < -0.39 is 15.8 Å². The standard InChI is InChI=1S/C13H12ClFN2O2S/c14-12-7-10(15)4-5-13(12)17-20(18,19)8-9-2-1-3-11(16)6-9/h1-7,17H,8,16H2. The van der Waals surface area contributed by atoms with Crippen molar-refractivity contribution in [1.29, 1.82) is 0 Å². The fourth-order valence-electron chi connectivity index (χ4n) is 1.68. The van der Waals surface area contributed by atoms with Crippen LogP contribution in [-0.2, 0) is 15.8 Å². The first-order chi connectivity index (χ1) is 9.35. The van der Waals surface area contributed by atoms with Crippen molar-refractivity contribution in [1.82, 2.24) is 0 Å². The molecule has 0 heterocycles. The van der Waals surface area contributed by atoms with Crippen LogP contribution < -0.4 is 10.5 Å². The summed E-state index contributed by atoms with van der Waals surface area (Å²) in [4.78, 5) is 0. The topological polar surface area (TPSA) is 72.2 Å². The summed E-state index contributed by atoms with van der Waals surface area (Å²) in [6, 6.07) is 10.0. The van der Waals surface area contributed by atoms with Crippen LogP contribution in [0, 0.1) is 5.82 Å². The highest BCUT2D eigenvalue weighted by Crippen LogP contribution is 2.24. The van der Waals surface area contributed by atoms with E-state index in [1.807, 2.05) is 0 Å². The predicted molar refractivity (Wildman–Crippen MR) is 78.5 cm³/mol. The fraction of sp³-hybridized carbons (Fsp3) is 0.0769. The van der Waals surface area contributed by atoms with Crippen molar-refractivity contribution in [2.45, 2.75) is 5.75 Å². The van der Waals surface area contributed by atoms with E-state index in [9.17, 15) is 12.8 Å². The highest BCUT2D eigenvalue weighted by molar-refractivity contribution is 7.91. The molecular formula is C13H12ClFN2O2S. The average Bonchev–Trinajstić information content (AvgIpc) is 2.32. The number of halogens is 2. The van der Waals surface area contributed by atoms with Crippen molar-refractivity contribution in [3.63, 3.8) is 0 Å². The van der Waals surface area contributed by atoms with Gasteiger partial charge in [-0.25, -0.2) is 12.8 Å². The molecule has 0 fully saturated rings. The molecule has 2 rings (SSSR count). The van der Waals surface area contributed by atoms with Crippen LogP contribution in [0.2, 0.25) is 5.02 Å². The number of rotatable bonds is 4. The summed E-state index contributed by atoms with van der Waals surface area (Å²) >= 11 is 5.78. The summed E-state index contributed by atoms with van der Waals surface area (Å²) in [6.07, 6.45) is 0. The predicted octanol–water partition coefficient (Wildman–Crippen LogP) is 3.00. The smallest absolute Gasteiger partial charge is 0.236 e. The monoisotopic (exact) mass is 314 g/mol. The lowest BCUT2D eigenvalue weighted by molar-refractivity contribution is 0.600. The number of benzene rings is 2. The molecule has 2 aromatic carbocycles. The Morgan fingerprint density at radius 2 is 1.95 bits per heavy atom. The molecule has 0 aromatic heterocycles. The van der Waals surface area contributed by atoms with E-state index >= 15 is 0 Å². The molecule has 0 bridgehead atoms. The number of hydrogen-bond acceptors (Lipinski definition) is 3. The zero-order valence-corrected chi connectivity index (χ0v) is 11.9. The van der Waals surface area contributed by atoms with E-state index in [1.54, 1.807) is 24.3 Å². The zero-order valence-electron chi connectivity index (χ0n) is 10.3. The van der Waals surface area contributed by atoms with Crippen molar-refractivity contribution in [3.8, 4) is 0 Å². The van der Waals surface area contributed by atoms with Crippen molar-refractivity contribution < 1.29 is 12.8 Å². The lowest BCUT2D eigenvalue weighted by Gasteiger charge is -2.10. The van der Waals surface area contributed by atoms with Gasteiger partial charge in [-0.05, 0) is 35.9 Å². The van der Waals surface area contributed by atoms with Crippen LogP contribution >= 0.6 is 11.6 Å². The minimum absolute atomic E-state index is 0.00107. The molecule has 7 heteroatoms. The second-order valence-electron chi connectivity index (χ2n) is 4.23. The molecule has 0 saturated heterocycles. The molecule has 20 heavy (non-hydrogen) atoms. The molecule has 0 amide bonds. The largest absolute Gasteiger partial charge is 0.399 e. The van der Waals surface area contributed by atoms with E-state index in [0.717, 1.165) is 12.1 Å². The first-order valence-corrected chi connectivity index (χ1v) is 7.69. The zero-order chi connectivity index (χ0) is 14.8. The number of anilines is 2. The molecule has 0 radical (unpaired) electrons. The Hall–Kier alpha value is -1.79. The maximum atomic E-state index is 12.9. The molecule has 0 aliphatic rings. The number of nitrogens with two attached hydrogens (primary N) is 1. The Labute approximate surface area is 121 Å². The lowest BCUT2D eigenvalue weighted by Crippen LogP contribution is -2.15. The van der Waals surface area contributed by atoms with Crippen LogP contribution in [0.15, 0.2) is 42.5 Å². The molecular weight excluding hydrogens is 303 g/mol. The third-order valence-corrected chi connectivity index (χ3v) is 4.06. The van der Waals surface area contributed by atoms with E-state index in [4.69, 9.17) is 17.3 Å². The second-order valence-corrected chi connectivity index (χ2v) is 6.36. The van der Waals surface area contributed by atoms with E-state index in [0.29, 0.717) is 11.3 Å². The van der Waals surface area contributed by atoms with Gasteiger partial charge in [-0.1, -0.05) is 23.7 Å². The summed E-state index contributed by atoms with van der Waals surface area (Å²) in [5.41, 5.74) is 6.76. The minimum Gasteiger partial charge on any atom is -0.399 e. The highest BCUT2D eigenvalue weighted by Gasteiger charge is 2.14. The summed E-state index contributed by atoms with van der Waals surface area (Å²) in [7, 11) is -3.65. The van der Waals surface area contributed by atoms with Crippen LogP contribution in [0.4, 0.5) is 15.8 Å². The fourth-order valence-corrected chi connectivity index (χ4v) is 3.15. The summed E-state index contributed by atoms with van der Waals surface area (Å²) < 4.78 is 39.2. The van der Waals surface area contributed by atoms with Crippen molar-refractivity contribution >= 4 is 33.0 Å². The molecule has 106 valence electrons. The molecule has 0 spiro atoms. The van der Waals surface area contributed by atoms with Gasteiger partial charge < -0.3 is 5.73 Å². The van der Waals surface area contributed by atoms with Gasteiger partial charge >= 0.3 is 0 Å². The Bertz CT molecular complexity index is 735. The van der Waals surface area contributed by atoms with Crippen molar-refractivity contribution in [3.05, 3.63) is 58.9 Å². The van der Waals surface area contributed by atoms with Crippen molar-refractivity contribution in [2.24, 2.45) is 0 Å². The van der Waals surface area contributed by atoms with Crippen LogP contribution in [0.25, 0.3) is 0 Å². The van der Waals surface area contributed by atoms with Gasteiger partial charge in [0.1, 0.15) is 5.82 Å². The molecule has 0 aliphatic carbocycles. The number of hydrogen-bond donors (Lipinski definition) is 2. The van der Waals surface area contributed by atoms with Crippen LogP contribution in [0.3, 0.4) is 0 Å². The van der Waals surface area contributed by atoms with Gasteiger partial charge in [0, 0.05) is 5.69 Å². The summed E-state index contributed by atoms with van der Waals surface area (Å²) in [5.74, 6) is -0.778. The Morgan fingerprint density at radius 1 is 1.20 bits per heavy atom. The van der Waals surface area contributed by atoms with Crippen LogP contribution in [0.1, 0.15) is 5.56 Å². The van der Waals surface area contributed by atoms with Gasteiger partial charge in [-0.3, -0.25) is 4.72 Å². The average molecular weight is 315 g/mol. The molecule has 4 nitrogen and oxygen atoms in total. The third kappa shape index (κ3) is 3.85. The molecule has 0 saturated carbocycles. The van der Waals surface area contributed by atoms with Gasteiger partial charge in [0.2, 0.25) is 10.0 Å². The quantitative estimate of drug-likeness (QED) is 0.852. The van der Waals surface area contributed by atoms with E-state index in [2.05, 4.69) is 4.72 Å². The van der Waals surface area contributed by atoms with E-state index in [1.165, 1.54) is 6.07 Å². The molecule has 2 aromatic rings. The lowest BCUT2D eigenvalue weighted by atomic mass is 10.2. The van der Waals surface area contributed by atoms with Gasteiger partial charge in [-0.2, -0.15) is 0 Å². The second kappa shape index (κ2) is 5.68. The normalized spacial score (nSPS) is 11.3. The Morgan fingerprint density at radius 3 is 2.60 bits per heavy atom. The maximum absolute atomic E-state index is 12.9. The number of sulfonamides is 1. The number of nitrogen functional groups attached to an aromatic ring is 1. The van der Waals surface area contributed by atoms with Crippen LogP contribution in [0.5, 0.6) is 0 Å². The molecule has 0 aliphatic heterocycles. The van der Waals surface area contributed by atoms with Crippen LogP contribution in [-0.4, -0.2) is 8.42 Å². The first kappa shape index (κ1) is 14.6. The van der Waals surface area contributed by atoms with Crippen molar-refractivity contribution in [2.75, 3.05) is 10.5 Å². The maximum Gasteiger partial charge on any atom is 0.236 e. The third-order valence-electron chi connectivity index (χ3n) is 2.50. The molecule has 3 N–H and O–H groups in total. The summed E-state index contributed by atoms with van der Waals surface area (Å²) in [6.45, 7) is 0. The van der Waals surface area contributed by atoms with Gasteiger partial charge in [0.25, 0.3) is 0 Å².